The molecule has 0 heterocycles. The van der Waals surface area contributed by atoms with E-state index >= 15 is 0 Å². The lowest BCUT2D eigenvalue weighted by Crippen LogP contribution is -2.23. The molecule has 6 heteroatoms. The maximum Gasteiger partial charge on any atom is 0.255 e. The molecular formula is C13H21N3O3. The van der Waals surface area contributed by atoms with Crippen LogP contribution in [-0.2, 0) is 4.74 Å². The fourth-order valence-electron chi connectivity index (χ4n) is 1.56. The summed E-state index contributed by atoms with van der Waals surface area (Å²) in [5.41, 5.74) is 7.58. The number of hydrogen-bond donors (Lipinski definition) is 3. The summed E-state index contributed by atoms with van der Waals surface area (Å²) in [7, 11) is 3.40. The molecule has 0 unspecified atom stereocenters. The number of anilines is 2. The normalized spacial score (nSPS) is 10.3. The Labute approximate surface area is 113 Å². The number of benzene rings is 1. The number of nitrogens with one attached hydrogen (secondary N) is 1. The molecule has 0 radical (unpaired) electrons. The van der Waals surface area contributed by atoms with Gasteiger partial charge in [-0.15, -0.1) is 0 Å². The van der Waals surface area contributed by atoms with Crippen molar-refractivity contribution in [1.82, 2.24) is 4.90 Å². The van der Waals surface area contributed by atoms with Crippen LogP contribution in [0.2, 0.25) is 0 Å². The van der Waals surface area contributed by atoms with E-state index in [1.807, 2.05) is 0 Å². The maximum atomic E-state index is 12.0. The van der Waals surface area contributed by atoms with Crippen molar-refractivity contribution < 1.29 is 14.6 Å². The summed E-state index contributed by atoms with van der Waals surface area (Å²) in [6, 6.07) is 5.13. The molecule has 0 atom stereocenters. The molecule has 0 aromatic heterocycles. The molecule has 4 N–H and O–H groups in total. The van der Waals surface area contributed by atoms with Gasteiger partial charge in [0.15, 0.2) is 0 Å². The van der Waals surface area contributed by atoms with E-state index < -0.39 is 0 Å². The largest absolute Gasteiger partial charge is 0.399 e. The zero-order valence-electron chi connectivity index (χ0n) is 11.3. The SMILES string of the molecule is CN(C)C(=O)c1ccc(N)cc1NCCOCCO. The number of aliphatic hydroxyl groups is 1. The Morgan fingerprint density at radius 2 is 2.16 bits per heavy atom. The third-order valence-corrected chi connectivity index (χ3v) is 2.48. The quantitative estimate of drug-likeness (QED) is 0.491. The number of carbonyl (C=O) groups is 1. The highest BCUT2D eigenvalue weighted by Crippen LogP contribution is 2.20. The minimum absolute atomic E-state index is 0.00263. The van der Waals surface area contributed by atoms with Gasteiger partial charge in [-0.05, 0) is 18.2 Å². The molecule has 0 saturated heterocycles. The minimum Gasteiger partial charge on any atom is -0.399 e. The van der Waals surface area contributed by atoms with Gasteiger partial charge in [0.25, 0.3) is 5.91 Å². The summed E-state index contributed by atoms with van der Waals surface area (Å²) in [6.07, 6.45) is 0. The van der Waals surface area contributed by atoms with Crippen molar-refractivity contribution in [1.29, 1.82) is 0 Å². The Bertz CT molecular complexity index is 422. The highest BCUT2D eigenvalue weighted by molar-refractivity contribution is 5.99. The van der Waals surface area contributed by atoms with Crippen LogP contribution in [0.3, 0.4) is 0 Å². The molecule has 0 aliphatic carbocycles. The Morgan fingerprint density at radius 3 is 2.79 bits per heavy atom. The first-order valence-electron chi connectivity index (χ1n) is 6.10. The summed E-state index contributed by atoms with van der Waals surface area (Å²) in [5, 5.41) is 11.7. The number of hydrogen-bond acceptors (Lipinski definition) is 5. The van der Waals surface area contributed by atoms with Crippen LogP contribution in [0.15, 0.2) is 18.2 Å². The molecule has 1 amide bonds. The van der Waals surface area contributed by atoms with E-state index in [1.54, 1.807) is 32.3 Å². The summed E-state index contributed by atoms with van der Waals surface area (Å²) >= 11 is 0. The smallest absolute Gasteiger partial charge is 0.255 e. The predicted octanol–water partition coefficient (Wildman–Crippen LogP) is 0.391. The molecule has 0 fully saturated rings. The van der Waals surface area contributed by atoms with Crippen LogP contribution in [0.25, 0.3) is 0 Å². The van der Waals surface area contributed by atoms with Crippen LogP contribution < -0.4 is 11.1 Å². The lowest BCUT2D eigenvalue weighted by Gasteiger charge is -2.16. The third kappa shape index (κ3) is 4.76. The molecule has 1 aromatic rings. The fraction of sp³-hybridized carbons (Fsp3) is 0.462. The summed E-state index contributed by atoms with van der Waals surface area (Å²) in [4.78, 5) is 13.5. The molecular weight excluding hydrogens is 246 g/mol. The third-order valence-electron chi connectivity index (χ3n) is 2.48. The van der Waals surface area contributed by atoms with Crippen molar-refractivity contribution in [2.24, 2.45) is 0 Å². The number of rotatable bonds is 7. The van der Waals surface area contributed by atoms with E-state index in [1.165, 1.54) is 4.90 Å². The number of amides is 1. The molecule has 106 valence electrons. The number of nitrogen functional groups attached to an aromatic ring is 1. The molecule has 0 saturated carbocycles. The van der Waals surface area contributed by atoms with Gasteiger partial charge in [-0.1, -0.05) is 0 Å². The highest BCUT2D eigenvalue weighted by atomic mass is 16.5. The first-order chi connectivity index (χ1) is 9.06. The monoisotopic (exact) mass is 267 g/mol. The topological polar surface area (TPSA) is 87.8 Å². The lowest BCUT2D eigenvalue weighted by atomic mass is 10.1. The second-order valence-electron chi connectivity index (χ2n) is 4.27. The molecule has 0 spiro atoms. The number of aliphatic hydroxyl groups excluding tert-OH is 1. The lowest BCUT2D eigenvalue weighted by molar-refractivity contribution is 0.0828. The van der Waals surface area contributed by atoms with Crippen molar-refractivity contribution in [2.75, 3.05) is 51.5 Å². The molecule has 0 aliphatic heterocycles. The first-order valence-corrected chi connectivity index (χ1v) is 6.10. The maximum absolute atomic E-state index is 12.0. The van der Waals surface area contributed by atoms with Crippen LogP contribution in [0.5, 0.6) is 0 Å². The van der Waals surface area contributed by atoms with Crippen molar-refractivity contribution in [3.05, 3.63) is 23.8 Å². The first kappa shape index (κ1) is 15.3. The van der Waals surface area contributed by atoms with Gasteiger partial charge >= 0.3 is 0 Å². The van der Waals surface area contributed by atoms with Gasteiger partial charge in [-0.2, -0.15) is 0 Å². The van der Waals surface area contributed by atoms with Gasteiger partial charge < -0.3 is 25.8 Å². The molecule has 0 aliphatic rings. The van der Waals surface area contributed by atoms with Crippen molar-refractivity contribution in [3.63, 3.8) is 0 Å². The summed E-state index contributed by atoms with van der Waals surface area (Å²) in [5.74, 6) is -0.0845. The van der Waals surface area contributed by atoms with Crippen LogP contribution in [-0.4, -0.2) is 56.4 Å². The average molecular weight is 267 g/mol. The molecule has 19 heavy (non-hydrogen) atoms. The Morgan fingerprint density at radius 1 is 1.42 bits per heavy atom. The summed E-state index contributed by atoms with van der Waals surface area (Å²) in [6.45, 7) is 1.30. The van der Waals surface area contributed by atoms with Crippen LogP contribution in [0.1, 0.15) is 10.4 Å². The average Bonchev–Trinajstić information content (AvgIpc) is 2.38. The van der Waals surface area contributed by atoms with E-state index in [2.05, 4.69) is 5.32 Å². The van der Waals surface area contributed by atoms with Gasteiger partial charge in [-0.3, -0.25) is 4.79 Å². The predicted molar refractivity (Wildman–Crippen MR) is 75.3 cm³/mol. The molecule has 1 aromatic carbocycles. The van der Waals surface area contributed by atoms with Gasteiger partial charge in [0.1, 0.15) is 0 Å². The van der Waals surface area contributed by atoms with Crippen LogP contribution in [0.4, 0.5) is 11.4 Å². The Balaban J connectivity index is 2.69. The Hall–Kier alpha value is -1.79. The number of nitrogens with zero attached hydrogens (tertiary/aromatic N) is 1. The van der Waals surface area contributed by atoms with Crippen LogP contribution >= 0.6 is 0 Å². The number of carbonyl (C=O) groups excluding carboxylic acids is 1. The molecule has 6 nitrogen and oxygen atoms in total. The second-order valence-corrected chi connectivity index (χ2v) is 4.27. The zero-order chi connectivity index (χ0) is 14.3. The van der Waals surface area contributed by atoms with E-state index in [0.717, 1.165) is 0 Å². The van der Waals surface area contributed by atoms with Crippen LogP contribution in [0, 0.1) is 0 Å². The summed E-state index contributed by atoms with van der Waals surface area (Å²) < 4.78 is 5.14. The van der Waals surface area contributed by atoms with Gasteiger partial charge in [-0.25, -0.2) is 0 Å². The van der Waals surface area contributed by atoms with E-state index in [4.69, 9.17) is 15.6 Å². The highest BCUT2D eigenvalue weighted by Gasteiger charge is 2.13. The van der Waals surface area contributed by atoms with Gasteiger partial charge in [0.05, 0.1) is 25.4 Å². The van der Waals surface area contributed by atoms with E-state index in [9.17, 15) is 4.79 Å². The number of nitrogens with two attached hydrogens (primary N) is 1. The number of ether oxygens (including phenoxy) is 1. The van der Waals surface area contributed by atoms with Crippen molar-refractivity contribution >= 4 is 17.3 Å². The zero-order valence-corrected chi connectivity index (χ0v) is 11.3. The van der Waals surface area contributed by atoms with Crippen molar-refractivity contribution in [3.8, 4) is 0 Å². The van der Waals surface area contributed by atoms with E-state index in [0.29, 0.717) is 36.7 Å². The van der Waals surface area contributed by atoms with E-state index in [-0.39, 0.29) is 12.5 Å². The fourth-order valence-corrected chi connectivity index (χ4v) is 1.56. The Kier molecular flexibility index (Phi) is 6.11. The second kappa shape index (κ2) is 7.60. The minimum atomic E-state index is -0.0845. The van der Waals surface area contributed by atoms with Gasteiger partial charge in [0.2, 0.25) is 0 Å². The van der Waals surface area contributed by atoms with Crippen molar-refractivity contribution in [2.45, 2.75) is 0 Å². The standard InChI is InChI=1S/C13H21N3O3/c1-16(2)13(18)11-4-3-10(14)9-12(11)15-5-7-19-8-6-17/h3-4,9,15,17H,5-8,14H2,1-2H3. The molecule has 1 rings (SSSR count). The van der Waals surface area contributed by atoms with Gasteiger partial charge in [0, 0.05) is 32.0 Å². The molecule has 0 bridgehead atoms.